The largest absolute Gasteiger partial charge is 0.493 e. The molecule has 6 heteroatoms. The van der Waals surface area contributed by atoms with Crippen LogP contribution in [0.15, 0.2) is 18.2 Å². The molecule has 0 atom stereocenters. The van der Waals surface area contributed by atoms with Gasteiger partial charge in [-0.2, -0.15) is 25.8 Å². The number of alkyl halides is 3. The summed E-state index contributed by atoms with van der Waals surface area (Å²) in [6.45, 7) is 0.319. The Labute approximate surface area is 108 Å². The summed E-state index contributed by atoms with van der Waals surface area (Å²) in [6.07, 6.45) is -2.78. The van der Waals surface area contributed by atoms with Crippen LogP contribution in [0.2, 0.25) is 0 Å². The van der Waals surface area contributed by atoms with Crippen LogP contribution in [0.3, 0.4) is 0 Å². The van der Waals surface area contributed by atoms with Crippen molar-refractivity contribution in [3.8, 4) is 5.75 Å². The van der Waals surface area contributed by atoms with E-state index in [0.717, 1.165) is 18.9 Å². The Morgan fingerprint density at radius 2 is 1.94 bits per heavy atom. The molecule has 0 aromatic heterocycles. The fourth-order valence-electron chi connectivity index (χ4n) is 1.57. The van der Waals surface area contributed by atoms with Crippen molar-refractivity contribution in [3.05, 3.63) is 29.6 Å². The SMILES string of the molecule is Fc1ccc(OCC2(CS)CC2)cc1C(F)(F)F. The van der Waals surface area contributed by atoms with Gasteiger partial charge in [-0.1, -0.05) is 0 Å². The molecule has 0 spiro atoms. The molecule has 0 unspecified atom stereocenters. The summed E-state index contributed by atoms with van der Waals surface area (Å²) < 4.78 is 55.8. The lowest BCUT2D eigenvalue weighted by molar-refractivity contribution is -0.140. The molecule has 0 N–H and O–H groups in total. The van der Waals surface area contributed by atoms with Crippen LogP contribution < -0.4 is 4.74 Å². The molecule has 1 aliphatic rings. The van der Waals surface area contributed by atoms with Crippen molar-refractivity contribution < 1.29 is 22.3 Å². The Kier molecular flexibility index (Phi) is 3.49. The Morgan fingerprint density at radius 1 is 1.28 bits per heavy atom. The molecule has 1 nitrogen and oxygen atoms in total. The second-order valence-corrected chi connectivity index (χ2v) is 4.90. The van der Waals surface area contributed by atoms with Gasteiger partial charge < -0.3 is 4.74 Å². The third kappa shape index (κ3) is 2.91. The summed E-state index contributed by atoms with van der Waals surface area (Å²) in [5.74, 6) is -0.609. The average Bonchev–Trinajstić information content (AvgIpc) is 3.07. The van der Waals surface area contributed by atoms with Gasteiger partial charge in [0.15, 0.2) is 0 Å². The molecule has 0 heterocycles. The number of hydrogen-bond donors (Lipinski definition) is 1. The number of benzene rings is 1. The molecular formula is C12H12F4OS. The van der Waals surface area contributed by atoms with E-state index in [-0.39, 0.29) is 11.2 Å². The number of thiol groups is 1. The summed E-state index contributed by atoms with van der Waals surface area (Å²) in [5.41, 5.74) is -1.31. The van der Waals surface area contributed by atoms with Crippen molar-refractivity contribution in [3.63, 3.8) is 0 Å². The molecule has 0 radical (unpaired) electrons. The second kappa shape index (κ2) is 4.64. The molecule has 0 saturated heterocycles. The lowest BCUT2D eigenvalue weighted by Gasteiger charge is -2.15. The van der Waals surface area contributed by atoms with Gasteiger partial charge >= 0.3 is 6.18 Å². The van der Waals surface area contributed by atoms with Gasteiger partial charge in [-0.05, 0) is 36.8 Å². The predicted octanol–water partition coefficient (Wildman–Crippen LogP) is 3.93. The summed E-state index contributed by atoms with van der Waals surface area (Å²) >= 11 is 4.17. The van der Waals surface area contributed by atoms with E-state index < -0.39 is 17.6 Å². The minimum atomic E-state index is -4.70. The minimum absolute atomic E-state index is 0.0180. The molecule has 18 heavy (non-hydrogen) atoms. The van der Waals surface area contributed by atoms with E-state index in [1.807, 2.05) is 0 Å². The third-order valence-electron chi connectivity index (χ3n) is 3.08. The smallest absolute Gasteiger partial charge is 0.419 e. The van der Waals surface area contributed by atoms with Gasteiger partial charge in [0.25, 0.3) is 0 Å². The Balaban J connectivity index is 2.10. The maximum Gasteiger partial charge on any atom is 0.419 e. The van der Waals surface area contributed by atoms with Gasteiger partial charge in [0.1, 0.15) is 11.6 Å². The zero-order chi connectivity index (χ0) is 13.4. The van der Waals surface area contributed by atoms with Gasteiger partial charge in [0, 0.05) is 5.41 Å². The van der Waals surface area contributed by atoms with Crippen LogP contribution in [0.4, 0.5) is 17.6 Å². The van der Waals surface area contributed by atoms with Crippen molar-refractivity contribution in [2.45, 2.75) is 19.0 Å². The quantitative estimate of drug-likeness (QED) is 0.649. The fourth-order valence-corrected chi connectivity index (χ4v) is 1.98. The highest BCUT2D eigenvalue weighted by Crippen LogP contribution is 2.46. The van der Waals surface area contributed by atoms with E-state index >= 15 is 0 Å². The van der Waals surface area contributed by atoms with E-state index in [2.05, 4.69) is 12.6 Å². The lowest BCUT2D eigenvalue weighted by atomic mass is 10.1. The second-order valence-electron chi connectivity index (χ2n) is 4.59. The van der Waals surface area contributed by atoms with Crippen LogP contribution in [0.25, 0.3) is 0 Å². The maximum absolute atomic E-state index is 13.0. The molecule has 0 aliphatic heterocycles. The molecule has 1 aromatic carbocycles. The molecule has 1 fully saturated rings. The minimum Gasteiger partial charge on any atom is -0.493 e. The van der Waals surface area contributed by atoms with Crippen molar-refractivity contribution in [1.82, 2.24) is 0 Å². The van der Waals surface area contributed by atoms with Crippen molar-refractivity contribution >= 4 is 12.6 Å². The number of ether oxygens (including phenoxy) is 1. The molecule has 0 bridgehead atoms. The van der Waals surface area contributed by atoms with Gasteiger partial charge in [-0.15, -0.1) is 0 Å². The molecule has 2 rings (SSSR count). The normalized spacial score (nSPS) is 17.6. The molecule has 100 valence electrons. The third-order valence-corrected chi connectivity index (χ3v) is 3.75. The van der Waals surface area contributed by atoms with Crippen LogP contribution >= 0.6 is 12.6 Å². The summed E-state index contributed by atoms with van der Waals surface area (Å²) in [7, 11) is 0. The highest BCUT2D eigenvalue weighted by atomic mass is 32.1. The van der Waals surface area contributed by atoms with Gasteiger partial charge in [0.05, 0.1) is 12.2 Å². The van der Waals surface area contributed by atoms with Crippen molar-refractivity contribution in [2.24, 2.45) is 5.41 Å². The summed E-state index contributed by atoms with van der Waals surface area (Å²) in [6, 6.07) is 2.68. The van der Waals surface area contributed by atoms with Crippen LogP contribution in [0, 0.1) is 11.2 Å². The zero-order valence-electron chi connectivity index (χ0n) is 9.43. The molecule has 0 amide bonds. The molecular weight excluding hydrogens is 268 g/mol. The number of halogens is 4. The van der Waals surface area contributed by atoms with Crippen molar-refractivity contribution in [2.75, 3.05) is 12.4 Å². The van der Waals surface area contributed by atoms with Crippen LogP contribution in [0.1, 0.15) is 18.4 Å². The molecule has 1 saturated carbocycles. The van der Waals surface area contributed by atoms with Gasteiger partial charge in [-0.3, -0.25) is 0 Å². The van der Waals surface area contributed by atoms with Gasteiger partial charge in [-0.25, -0.2) is 4.39 Å². The highest BCUT2D eigenvalue weighted by Gasteiger charge is 2.42. The number of rotatable bonds is 4. The maximum atomic E-state index is 13.0. The van der Waals surface area contributed by atoms with Crippen LogP contribution in [-0.2, 0) is 6.18 Å². The van der Waals surface area contributed by atoms with Crippen molar-refractivity contribution in [1.29, 1.82) is 0 Å². The summed E-state index contributed by atoms with van der Waals surface area (Å²) in [5, 5.41) is 0. The van der Waals surface area contributed by atoms with Crippen LogP contribution in [0.5, 0.6) is 5.75 Å². The fraction of sp³-hybridized carbons (Fsp3) is 0.500. The first-order valence-corrected chi connectivity index (χ1v) is 6.10. The highest BCUT2D eigenvalue weighted by molar-refractivity contribution is 7.80. The first-order chi connectivity index (χ1) is 8.36. The Morgan fingerprint density at radius 3 is 2.44 bits per heavy atom. The van der Waals surface area contributed by atoms with E-state index in [1.54, 1.807) is 0 Å². The average molecular weight is 280 g/mol. The van der Waals surface area contributed by atoms with E-state index in [1.165, 1.54) is 6.07 Å². The first kappa shape index (κ1) is 13.5. The van der Waals surface area contributed by atoms with E-state index in [0.29, 0.717) is 18.4 Å². The van der Waals surface area contributed by atoms with Gasteiger partial charge in [0.2, 0.25) is 0 Å². The zero-order valence-corrected chi connectivity index (χ0v) is 10.3. The molecule has 1 aliphatic carbocycles. The Bertz CT molecular complexity index is 440. The Hall–Kier alpha value is -0.910. The number of hydrogen-bond acceptors (Lipinski definition) is 2. The topological polar surface area (TPSA) is 9.23 Å². The molecule has 1 aromatic rings. The lowest BCUT2D eigenvalue weighted by Crippen LogP contribution is -2.15. The standard InChI is InChI=1S/C12H12F4OS/c13-10-2-1-8(5-9(10)12(14,15)16)17-6-11(7-18)3-4-11/h1-2,5,18H,3-4,6-7H2. The van der Waals surface area contributed by atoms with Crippen LogP contribution in [-0.4, -0.2) is 12.4 Å². The van der Waals surface area contributed by atoms with E-state index in [9.17, 15) is 17.6 Å². The monoisotopic (exact) mass is 280 g/mol. The first-order valence-electron chi connectivity index (χ1n) is 5.47. The van der Waals surface area contributed by atoms with E-state index in [4.69, 9.17) is 4.74 Å². The summed E-state index contributed by atoms with van der Waals surface area (Å²) in [4.78, 5) is 0. The predicted molar refractivity (Wildman–Crippen MR) is 62.4 cm³/mol.